The molecule has 0 aliphatic carbocycles. The molecule has 0 unspecified atom stereocenters. The third kappa shape index (κ3) is 3.49. The van der Waals surface area contributed by atoms with Crippen molar-refractivity contribution in [3.8, 4) is 5.75 Å². The summed E-state index contributed by atoms with van der Waals surface area (Å²) in [7, 11) is 0. The molecule has 0 amide bonds. The van der Waals surface area contributed by atoms with Gasteiger partial charge in [-0.25, -0.2) is 4.79 Å². The fraction of sp³-hybridized carbons (Fsp3) is 0. The van der Waals surface area contributed by atoms with Crippen LogP contribution in [0.15, 0.2) is 48.5 Å². The Morgan fingerprint density at radius 1 is 0.870 bits per heavy atom. The highest BCUT2D eigenvalue weighted by Crippen LogP contribution is 2.31. The molecule has 0 atom stereocenters. The van der Waals surface area contributed by atoms with Gasteiger partial charge in [0.05, 0.1) is 5.56 Å². The topological polar surface area (TPSA) is 53.9 Å². The molecule has 3 rings (SSSR count). The molecule has 0 radical (unpaired) electrons. The molecule has 116 valence electrons. The first-order valence-electron chi connectivity index (χ1n) is 6.68. The van der Waals surface area contributed by atoms with Crippen LogP contribution in [0.4, 0.5) is 5.69 Å². The molecule has 0 aliphatic heterocycles. The van der Waals surface area contributed by atoms with E-state index >= 15 is 0 Å². The summed E-state index contributed by atoms with van der Waals surface area (Å²) in [5.41, 5.74) is 5.55. The summed E-state index contributed by atoms with van der Waals surface area (Å²) in [4.78, 5) is 12.7. The van der Waals surface area contributed by atoms with Crippen LogP contribution in [0.5, 0.6) is 5.75 Å². The smallest absolute Gasteiger partial charge is 0.345 e. The second kappa shape index (κ2) is 7.19. The van der Waals surface area contributed by atoms with E-state index in [4.69, 9.17) is 4.74 Å². The Labute approximate surface area is 174 Å². The molecule has 0 aliphatic rings. The number of benzene rings is 3. The highest BCUT2D eigenvalue weighted by molar-refractivity contribution is 14.1. The predicted octanol–water partition coefficient (Wildman–Crippen LogP) is 4.75. The van der Waals surface area contributed by atoms with Gasteiger partial charge < -0.3 is 10.5 Å². The number of fused-ring (bicyclic) bond motifs is 1. The number of hydrogen-bond acceptors (Lipinski definition) is 2. The van der Waals surface area contributed by atoms with Gasteiger partial charge in [-0.1, -0.05) is 18.2 Å². The number of halogens is 3. The van der Waals surface area contributed by atoms with E-state index in [9.17, 15) is 4.79 Å². The molecule has 3 aromatic rings. The second-order valence-corrected chi connectivity index (χ2v) is 8.28. The highest BCUT2D eigenvalue weighted by Gasteiger charge is 2.19. The summed E-state index contributed by atoms with van der Waals surface area (Å²) in [6.45, 7) is 0. The molecule has 0 fully saturated rings. The van der Waals surface area contributed by atoms with Gasteiger partial charge in [-0.2, -0.15) is 0 Å². The number of esters is 1. The highest BCUT2D eigenvalue weighted by atomic mass is 127. The van der Waals surface area contributed by atoms with Crippen LogP contribution in [0.2, 0.25) is 0 Å². The van der Waals surface area contributed by atoms with Crippen molar-refractivity contribution in [3.05, 3.63) is 64.8 Å². The maximum Gasteiger partial charge on any atom is 0.345 e. The van der Waals surface area contributed by atoms with Gasteiger partial charge in [0.2, 0.25) is 0 Å². The van der Waals surface area contributed by atoms with Crippen LogP contribution in [0, 0.1) is 10.7 Å². The van der Waals surface area contributed by atoms with E-state index in [0.717, 1.165) is 27.2 Å². The molecule has 0 spiro atoms. The van der Waals surface area contributed by atoms with Gasteiger partial charge in [-0.15, -0.1) is 0 Å². The number of rotatable bonds is 2. The molecule has 0 saturated carbocycles. The zero-order valence-corrected chi connectivity index (χ0v) is 18.2. The number of hydrogen-bond donors (Lipinski definition) is 1. The standard InChI is InChI=1S/C17H10I3NO2/c18-11-5-6-12(19)16(20)15(11)17(22)23-14-8-7-13(21)9-3-1-2-4-10(9)14/h1-8H,21H2/p+1. The lowest BCUT2D eigenvalue weighted by molar-refractivity contribution is -0.252. The molecule has 0 aromatic heterocycles. The third-order valence-corrected chi connectivity index (χ3v) is 7.38. The lowest BCUT2D eigenvalue weighted by Gasteiger charge is -2.11. The van der Waals surface area contributed by atoms with Crippen LogP contribution in [-0.4, -0.2) is 5.97 Å². The molecule has 23 heavy (non-hydrogen) atoms. The van der Waals surface area contributed by atoms with E-state index < -0.39 is 0 Å². The van der Waals surface area contributed by atoms with E-state index in [1.54, 1.807) is 6.07 Å². The average Bonchev–Trinajstić information content (AvgIpc) is 2.54. The minimum Gasteiger partial charge on any atom is -0.422 e. The number of carbonyl (C=O) groups excluding carboxylic acids is 1. The predicted molar refractivity (Wildman–Crippen MR) is 116 cm³/mol. The number of quaternary nitrogens is 1. The summed E-state index contributed by atoms with van der Waals surface area (Å²) < 4.78 is 8.54. The van der Waals surface area contributed by atoms with Gasteiger partial charge in [0.25, 0.3) is 0 Å². The van der Waals surface area contributed by atoms with Crippen LogP contribution in [-0.2, 0) is 0 Å². The molecule has 0 bridgehead atoms. The van der Waals surface area contributed by atoms with E-state index in [-0.39, 0.29) is 5.97 Å². The van der Waals surface area contributed by atoms with Crippen LogP contribution in [0.25, 0.3) is 10.8 Å². The van der Waals surface area contributed by atoms with Crippen LogP contribution >= 0.6 is 67.8 Å². The third-order valence-electron chi connectivity index (χ3n) is 3.43. The second-order valence-electron chi connectivity index (χ2n) is 4.88. The SMILES string of the molecule is [NH3+]c1ccc(OC(=O)c2c(I)ccc(I)c2I)c2ccccc12. The van der Waals surface area contributed by atoms with Gasteiger partial charge in [0.15, 0.2) is 0 Å². The zero-order chi connectivity index (χ0) is 16.6. The van der Waals surface area contributed by atoms with Crippen molar-refractivity contribution >= 4 is 90.2 Å². The van der Waals surface area contributed by atoms with Crippen molar-refractivity contribution in [3.63, 3.8) is 0 Å². The van der Waals surface area contributed by atoms with Gasteiger partial charge in [-0.05, 0) is 92.0 Å². The van der Waals surface area contributed by atoms with Crippen molar-refractivity contribution < 1.29 is 15.3 Å². The minimum atomic E-state index is -0.334. The lowest BCUT2D eigenvalue weighted by Crippen LogP contribution is -2.40. The van der Waals surface area contributed by atoms with E-state index in [2.05, 4.69) is 73.5 Å². The average molecular weight is 642 g/mol. The van der Waals surface area contributed by atoms with Crippen LogP contribution < -0.4 is 10.5 Å². The number of ether oxygens (including phenoxy) is 1. The first kappa shape index (κ1) is 17.4. The van der Waals surface area contributed by atoms with Crippen LogP contribution in [0.3, 0.4) is 0 Å². The fourth-order valence-electron chi connectivity index (χ4n) is 2.29. The van der Waals surface area contributed by atoms with Crippen molar-refractivity contribution in [2.24, 2.45) is 0 Å². The monoisotopic (exact) mass is 642 g/mol. The fourth-order valence-corrected chi connectivity index (χ4v) is 4.61. The lowest BCUT2D eigenvalue weighted by atomic mass is 10.1. The number of carbonyl (C=O) groups is 1. The van der Waals surface area contributed by atoms with Gasteiger partial charge in [0.1, 0.15) is 11.4 Å². The molecule has 0 heterocycles. The van der Waals surface area contributed by atoms with Crippen LogP contribution in [0.1, 0.15) is 10.4 Å². The molecule has 0 saturated heterocycles. The zero-order valence-electron chi connectivity index (χ0n) is 11.8. The molecule has 3 N–H and O–H groups in total. The molecule has 3 nitrogen and oxygen atoms in total. The molecular weight excluding hydrogens is 631 g/mol. The summed E-state index contributed by atoms with van der Waals surface area (Å²) in [6, 6.07) is 15.4. The van der Waals surface area contributed by atoms with Crippen molar-refractivity contribution in [1.82, 2.24) is 0 Å². The Balaban J connectivity index is 2.05. The minimum absolute atomic E-state index is 0.334. The molecule has 3 aromatic carbocycles. The first-order valence-corrected chi connectivity index (χ1v) is 9.92. The van der Waals surface area contributed by atoms with E-state index in [0.29, 0.717) is 11.3 Å². The Morgan fingerprint density at radius 3 is 2.26 bits per heavy atom. The summed E-state index contributed by atoms with van der Waals surface area (Å²) >= 11 is 6.58. The Hall–Kier alpha value is -0.460. The largest absolute Gasteiger partial charge is 0.422 e. The quantitative estimate of drug-likeness (QED) is 0.190. The maximum atomic E-state index is 12.7. The Morgan fingerprint density at radius 2 is 1.52 bits per heavy atom. The summed E-state index contributed by atoms with van der Waals surface area (Å²) in [6.07, 6.45) is 0. The van der Waals surface area contributed by atoms with Gasteiger partial charge >= 0.3 is 5.97 Å². The Bertz CT molecular complexity index is 925. The van der Waals surface area contributed by atoms with Crippen molar-refractivity contribution in [1.29, 1.82) is 0 Å². The maximum absolute atomic E-state index is 12.7. The summed E-state index contributed by atoms with van der Waals surface area (Å²) in [5, 5.41) is 1.88. The van der Waals surface area contributed by atoms with Crippen molar-refractivity contribution in [2.45, 2.75) is 0 Å². The summed E-state index contributed by atoms with van der Waals surface area (Å²) in [5.74, 6) is 0.225. The molecular formula is C17H11I3NO2+. The first-order chi connectivity index (χ1) is 11.0. The Kier molecular flexibility index (Phi) is 5.43. The van der Waals surface area contributed by atoms with Gasteiger partial charge in [0, 0.05) is 27.5 Å². The van der Waals surface area contributed by atoms with Gasteiger partial charge in [-0.3, -0.25) is 0 Å². The van der Waals surface area contributed by atoms with E-state index in [1.165, 1.54) is 0 Å². The van der Waals surface area contributed by atoms with Crippen molar-refractivity contribution in [2.75, 3.05) is 0 Å². The normalized spacial score (nSPS) is 10.8. The van der Waals surface area contributed by atoms with E-state index in [1.807, 2.05) is 42.5 Å². The molecule has 6 heteroatoms.